The summed E-state index contributed by atoms with van der Waals surface area (Å²) >= 11 is 0. The van der Waals surface area contributed by atoms with Crippen molar-refractivity contribution in [3.05, 3.63) is 53.6 Å². The van der Waals surface area contributed by atoms with Crippen LogP contribution in [-0.2, 0) is 11.3 Å². The minimum Gasteiger partial charge on any atom is -0.493 e. The average Bonchev–Trinajstić information content (AvgIpc) is 2.94. The van der Waals surface area contributed by atoms with E-state index in [0.717, 1.165) is 4.90 Å². The van der Waals surface area contributed by atoms with Gasteiger partial charge in [0.2, 0.25) is 0 Å². The lowest BCUT2D eigenvalue weighted by Gasteiger charge is -2.19. The van der Waals surface area contributed by atoms with E-state index in [0.29, 0.717) is 17.1 Å². The largest absolute Gasteiger partial charge is 0.493 e. The van der Waals surface area contributed by atoms with Gasteiger partial charge in [0.25, 0.3) is 5.91 Å². The number of carboxylic acid groups (broad SMARTS) is 1. The molecule has 1 N–H and O–H groups in total. The molecule has 1 fully saturated rings. The van der Waals surface area contributed by atoms with Gasteiger partial charge in [-0.2, -0.15) is 0 Å². The van der Waals surface area contributed by atoms with Gasteiger partial charge in [-0.25, -0.2) is 14.5 Å². The molecule has 27 heavy (non-hydrogen) atoms. The van der Waals surface area contributed by atoms with Crippen LogP contribution in [0.5, 0.6) is 11.5 Å². The zero-order chi connectivity index (χ0) is 19.6. The van der Waals surface area contributed by atoms with Gasteiger partial charge in [0.05, 0.1) is 32.0 Å². The molecule has 1 heterocycles. The van der Waals surface area contributed by atoms with Gasteiger partial charge in [-0.1, -0.05) is 18.2 Å². The number of amides is 3. The molecule has 0 atom stereocenters. The molecule has 0 unspecified atom stereocenters. The van der Waals surface area contributed by atoms with E-state index in [9.17, 15) is 14.4 Å². The first-order valence-corrected chi connectivity index (χ1v) is 8.11. The van der Waals surface area contributed by atoms with Crippen LogP contribution in [0.15, 0.2) is 42.5 Å². The summed E-state index contributed by atoms with van der Waals surface area (Å²) in [6, 6.07) is 10.5. The number of carbonyl (C=O) groups excluding carboxylic acids is 2. The van der Waals surface area contributed by atoms with Gasteiger partial charge >= 0.3 is 12.0 Å². The number of imide groups is 1. The number of rotatable bonds is 6. The van der Waals surface area contributed by atoms with Gasteiger partial charge in [-0.05, 0) is 24.3 Å². The Bertz CT molecular complexity index is 911. The Labute approximate surface area is 155 Å². The molecule has 1 aliphatic heterocycles. The number of hydrogen-bond donors (Lipinski definition) is 1. The quantitative estimate of drug-likeness (QED) is 0.784. The summed E-state index contributed by atoms with van der Waals surface area (Å²) in [7, 11) is 3.02. The molecular formula is C19H18N2O6. The number of hydrogen-bond acceptors (Lipinski definition) is 5. The highest BCUT2D eigenvalue weighted by Gasteiger charge is 2.37. The number of aromatic carboxylic acids is 1. The number of ether oxygens (including phenoxy) is 2. The number of carboxylic acids is 1. The lowest BCUT2D eigenvalue weighted by molar-refractivity contribution is -0.116. The van der Waals surface area contributed by atoms with Crippen molar-refractivity contribution in [3.8, 4) is 11.5 Å². The van der Waals surface area contributed by atoms with E-state index in [1.807, 2.05) is 0 Å². The maximum absolute atomic E-state index is 12.8. The molecule has 0 bridgehead atoms. The molecule has 8 nitrogen and oxygen atoms in total. The van der Waals surface area contributed by atoms with Gasteiger partial charge in [-0.3, -0.25) is 4.79 Å². The molecule has 0 aromatic heterocycles. The highest BCUT2D eigenvalue weighted by molar-refractivity contribution is 6.20. The van der Waals surface area contributed by atoms with Crippen LogP contribution in [-0.4, -0.2) is 48.7 Å². The molecule has 2 aromatic carbocycles. The molecular weight excluding hydrogens is 352 g/mol. The molecule has 0 saturated carbocycles. The van der Waals surface area contributed by atoms with Crippen LogP contribution < -0.4 is 14.4 Å². The maximum Gasteiger partial charge on any atom is 0.335 e. The van der Waals surface area contributed by atoms with Crippen LogP contribution in [0.4, 0.5) is 10.5 Å². The summed E-state index contributed by atoms with van der Waals surface area (Å²) in [6.45, 7) is 0.0383. The number of benzene rings is 2. The second-order valence-electron chi connectivity index (χ2n) is 5.88. The van der Waals surface area contributed by atoms with Gasteiger partial charge < -0.3 is 19.5 Å². The Kier molecular flexibility index (Phi) is 4.98. The Morgan fingerprint density at radius 2 is 1.85 bits per heavy atom. The number of nitrogens with zero attached hydrogens (tertiary/aromatic N) is 2. The van der Waals surface area contributed by atoms with Crippen LogP contribution in [0.2, 0.25) is 0 Å². The Morgan fingerprint density at radius 3 is 2.52 bits per heavy atom. The minimum atomic E-state index is -1.13. The van der Waals surface area contributed by atoms with Crippen molar-refractivity contribution in [2.24, 2.45) is 0 Å². The molecule has 8 heteroatoms. The molecule has 3 amide bonds. The molecule has 0 aliphatic carbocycles. The van der Waals surface area contributed by atoms with Crippen molar-refractivity contribution in [1.29, 1.82) is 0 Å². The van der Waals surface area contributed by atoms with Crippen LogP contribution in [0.25, 0.3) is 0 Å². The Hall–Kier alpha value is -3.55. The fourth-order valence-corrected chi connectivity index (χ4v) is 2.99. The first kappa shape index (κ1) is 18.2. The summed E-state index contributed by atoms with van der Waals surface area (Å²) in [5.41, 5.74) is 0.921. The molecule has 2 aromatic rings. The normalized spacial score (nSPS) is 13.9. The standard InChI is InChI=1S/C19H18N2O6/c1-26-15-8-4-6-13(17(15)27-2)10-20-11-16(22)21(19(20)25)14-7-3-5-12(9-14)18(23)24/h3-9H,10-11H2,1-2H3,(H,23,24). The van der Waals surface area contributed by atoms with Crippen molar-refractivity contribution in [2.45, 2.75) is 6.54 Å². The summed E-state index contributed by atoms with van der Waals surface area (Å²) < 4.78 is 10.6. The summed E-state index contributed by atoms with van der Waals surface area (Å²) in [5.74, 6) is -0.538. The second-order valence-corrected chi connectivity index (χ2v) is 5.88. The Morgan fingerprint density at radius 1 is 1.11 bits per heavy atom. The highest BCUT2D eigenvalue weighted by atomic mass is 16.5. The Balaban J connectivity index is 1.87. The molecule has 0 spiro atoms. The average molecular weight is 370 g/mol. The smallest absolute Gasteiger partial charge is 0.335 e. The number of carbonyl (C=O) groups is 3. The van der Waals surface area contributed by atoms with Crippen LogP contribution in [0, 0.1) is 0 Å². The molecule has 1 saturated heterocycles. The lowest BCUT2D eigenvalue weighted by Crippen LogP contribution is -2.33. The van der Waals surface area contributed by atoms with Crippen LogP contribution in [0.3, 0.4) is 0 Å². The third-order valence-corrected chi connectivity index (χ3v) is 4.23. The predicted octanol–water partition coefficient (Wildman–Crippen LogP) is 2.37. The fourth-order valence-electron chi connectivity index (χ4n) is 2.99. The number of anilines is 1. The molecule has 0 radical (unpaired) electrons. The zero-order valence-electron chi connectivity index (χ0n) is 14.8. The minimum absolute atomic E-state index is 0.000940. The third kappa shape index (κ3) is 3.41. The summed E-state index contributed by atoms with van der Waals surface area (Å²) in [6.07, 6.45) is 0. The van der Waals surface area contributed by atoms with Gasteiger partial charge in [-0.15, -0.1) is 0 Å². The SMILES string of the molecule is COc1cccc(CN2CC(=O)N(c3cccc(C(=O)O)c3)C2=O)c1OC. The monoisotopic (exact) mass is 370 g/mol. The number of para-hydroxylation sites is 1. The first-order valence-electron chi connectivity index (χ1n) is 8.11. The van der Waals surface area contributed by atoms with Gasteiger partial charge in [0.1, 0.15) is 6.54 Å². The number of methoxy groups -OCH3 is 2. The summed E-state index contributed by atoms with van der Waals surface area (Å²) in [4.78, 5) is 38.7. The molecule has 140 valence electrons. The van der Waals surface area contributed by atoms with Crippen LogP contribution in [0.1, 0.15) is 15.9 Å². The van der Waals surface area contributed by atoms with Crippen LogP contribution >= 0.6 is 0 Å². The number of urea groups is 1. The van der Waals surface area contributed by atoms with Gasteiger partial charge in [0.15, 0.2) is 11.5 Å². The van der Waals surface area contributed by atoms with Crippen molar-refractivity contribution in [3.63, 3.8) is 0 Å². The highest BCUT2D eigenvalue weighted by Crippen LogP contribution is 2.32. The maximum atomic E-state index is 12.8. The topological polar surface area (TPSA) is 96.4 Å². The van der Waals surface area contributed by atoms with E-state index in [1.54, 1.807) is 18.2 Å². The van der Waals surface area contributed by atoms with E-state index in [2.05, 4.69) is 0 Å². The van der Waals surface area contributed by atoms with Gasteiger partial charge in [0, 0.05) is 5.56 Å². The van der Waals surface area contributed by atoms with Crippen molar-refractivity contribution < 1.29 is 29.0 Å². The third-order valence-electron chi connectivity index (χ3n) is 4.23. The van der Waals surface area contributed by atoms with E-state index in [1.165, 1.54) is 43.4 Å². The van der Waals surface area contributed by atoms with E-state index < -0.39 is 17.9 Å². The summed E-state index contributed by atoms with van der Waals surface area (Å²) in [5, 5.41) is 9.11. The van der Waals surface area contributed by atoms with Crippen molar-refractivity contribution in [1.82, 2.24) is 4.90 Å². The van der Waals surface area contributed by atoms with Crippen molar-refractivity contribution >= 4 is 23.6 Å². The first-order chi connectivity index (χ1) is 13.0. The lowest BCUT2D eigenvalue weighted by atomic mass is 10.1. The fraction of sp³-hybridized carbons (Fsp3) is 0.211. The van der Waals surface area contributed by atoms with E-state index in [4.69, 9.17) is 14.6 Å². The van der Waals surface area contributed by atoms with E-state index in [-0.39, 0.29) is 24.3 Å². The zero-order valence-corrected chi connectivity index (χ0v) is 14.8. The van der Waals surface area contributed by atoms with E-state index >= 15 is 0 Å². The molecule has 3 rings (SSSR count). The second kappa shape index (κ2) is 7.36. The predicted molar refractivity (Wildman–Crippen MR) is 96.2 cm³/mol. The molecule has 1 aliphatic rings. The van der Waals surface area contributed by atoms with Crippen molar-refractivity contribution in [2.75, 3.05) is 25.7 Å².